The highest BCUT2D eigenvalue weighted by Gasteiger charge is 2.41. The maximum Gasteiger partial charge on any atom is 0.329 e. The minimum atomic E-state index is -2.29. The number of primary amides is 1. The first-order valence-electron chi connectivity index (χ1n) is 35.7. The van der Waals surface area contributed by atoms with Gasteiger partial charge in [-0.1, -0.05) is 91.3 Å². The number of carbonyl (C=O) groups is 19. The zero-order valence-electron chi connectivity index (χ0n) is 62.1. The summed E-state index contributed by atoms with van der Waals surface area (Å²) in [6.07, 6.45) is -0.201. The first kappa shape index (κ1) is 91.9. The van der Waals surface area contributed by atoms with E-state index in [2.05, 4.69) is 87.9 Å². The van der Waals surface area contributed by atoms with Crippen LogP contribution in [0, 0.1) is 17.8 Å². The number of aromatic amines is 1. The van der Waals surface area contributed by atoms with Crippen molar-refractivity contribution in [2.24, 2.45) is 29.2 Å². The van der Waals surface area contributed by atoms with Crippen LogP contribution in [-0.2, 0) is 102 Å². The van der Waals surface area contributed by atoms with Gasteiger partial charge in [-0.25, -0.2) is 4.79 Å². The molecule has 13 unspecified atom stereocenters. The van der Waals surface area contributed by atoms with E-state index in [-0.39, 0.29) is 32.2 Å². The number of nitrogens with one attached hydrogen (secondary N) is 14. The Bertz CT molecular complexity index is 3600. The smallest absolute Gasteiger partial charge is 0.329 e. The van der Waals surface area contributed by atoms with E-state index in [0.29, 0.717) is 35.2 Å². The standard InChI is InChI=1S/C69H104N16O24/c1-33(2)18-13-11-9-10-12-14-22-49(87)78-43(25-39-30-72-41-20-16-15-19-40(39)41)64(103)80-44(26-48(71)86)65(104)82-47(29-55(96)97)66(105)85-58-38(8)109-69(108)56(34(3)4)83-68(107)57(35(5)24-52(90)91)84-60(99)36(6)75-50(88)31-73-61(100)45(27-53(92)93)79-59(98)37(7)76-63(102)46(28-54(94)95)81-62(101)42(21-17-23-70)77-51(89)32-74-67(58)106/h15-16,19-20,30,33-38,42-47,56-58,72H,9-14,17-18,21-29,31-32,70H2,1-8H3,(H2,71,86)(H,73,100)(H,74,106)(H,75,88)(H,76,102)(H,77,89)(H,78,87)(H,79,98)(H,80,103)(H,81,101)(H,82,104)(H,83,107)(H,84,99)(H,85,105)(H,90,91)(H,92,93)(H,94,95)(H,96,97). The summed E-state index contributed by atoms with van der Waals surface area (Å²) in [6.45, 7) is 9.01. The molecule has 0 spiro atoms. The Kier molecular flexibility index (Phi) is 38.8. The number of hydrogen-bond donors (Lipinski definition) is 20. The van der Waals surface area contributed by atoms with E-state index in [4.69, 9.17) is 16.2 Å². The van der Waals surface area contributed by atoms with Crippen LogP contribution in [0.2, 0.25) is 0 Å². The van der Waals surface area contributed by atoms with Gasteiger partial charge in [-0.3, -0.25) is 86.3 Å². The van der Waals surface area contributed by atoms with Gasteiger partial charge in [0, 0.05) is 29.9 Å². The number of H-pyrrole nitrogens is 1. The molecule has 604 valence electrons. The molecule has 14 amide bonds. The Hall–Kier alpha value is -11.3. The van der Waals surface area contributed by atoms with Crippen LogP contribution in [0.4, 0.5) is 0 Å². The number of ether oxygens (including phenoxy) is 1. The number of esters is 1. The van der Waals surface area contributed by atoms with Gasteiger partial charge >= 0.3 is 29.8 Å². The van der Waals surface area contributed by atoms with Crippen molar-refractivity contribution in [3.8, 4) is 0 Å². The maximum atomic E-state index is 14.6. The van der Waals surface area contributed by atoms with Gasteiger partial charge in [0.25, 0.3) is 0 Å². The molecular formula is C69H104N16O24. The lowest BCUT2D eigenvalue weighted by Crippen LogP contribution is -2.62. The number of aliphatic carboxylic acids is 4. The van der Waals surface area contributed by atoms with E-state index < -0.39 is 242 Å². The molecule has 40 nitrogen and oxygen atoms in total. The molecule has 109 heavy (non-hydrogen) atoms. The van der Waals surface area contributed by atoms with Crippen molar-refractivity contribution >= 4 is 123 Å². The van der Waals surface area contributed by atoms with Crippen molar-refractivity contribution in [3.05, 3.63) is 36.0 Å². The molecule has 2 aromatic rings. The van der Waals surface area contributed by atoms with Crippen molar-refractivity contribution < 1.29 is 116 Å². The molecule has 22 N–H and O–H groups in total. The molecule has 1 aliphatic rings. The van der Waals surface area contributed by atoms with E-state index in [0.717, 1.165) is 52.9 Å². The van der Waals surface area contributed by atoms with Crippen LogP contribution >= 0.6 is 0 Å². The van der Waals surface area contributed by atoms with Crippen molar-refractivity contribution in [2.45, 2.75) is 231 Å². The van der Waals surface area contributed by atoms with Crippen molar-refractivity contribution in [1.82, 2.24) is 74.1 Å². The number of amides is 14. The molecule has 1 aromatic carbocycles. The summed E-state index contributed by atoms with van der Waals surface area (Å²) >= 11 is 0. The average molecular weight is 1540 g/mol. The number of benzene rings is 1. The Morgan fingerprint density at radius 2 is 1.06 bits per heavy atom. The summed E-state index contributed by atoms with van der Waals surface area (Å²) in [7, 11) is 0. The third-order valence-corrected chi connectivity index (χ3v) is 17.2. The number of carboxylic acid groups (broad SMARTS) is 4. The lowest BCUT2D eigenvalue weighted by atomic mass is 9.95. The van der Waals surface area contributed by atoms with E-state index in [1.807, 2.05) is 0 Å². The first-order valence-corrected chi connectivity index (χ1v) is 35.7. The predicted molar refractivity (Wildman–Crippen MR) is 383 cm³/mol. The normalized spacial score (nSPS) is 21.9. The fraction of sp³-hybridized carbons (Fsp3) is 0.609. The SMILES string of the molecule is CC(C)CCCCCCCCC(=O)NC(Cc1c[nH]c2ccccc12)C(=O)NC(CC(N)=O)C(=O)NC(CC(=O)O)C(=O)NC1C(=O)NCC(=O)NC(CCCN)C(=O)NC(CC(=O)O)C(=O)NC(C)C(=O)NC(CC(=O)O)C(=O)NCC(=O)NC(C)C(=O)NC(C(C)CC(=O)O)C(=O)NC(C(C)C)C(=O)OC1C. The van der Waals surface area contributed by atoms with Gasteiger partial charge < -0.3 is 111 Å². The Morgan fingerprint density at radius 1 is 0.532 bits per heavy atom. The maximum absolute atomic E-state index is 14.6. The molecule has 1 saturated heterocycles. The van der Waals surface area contributed by atoms with Gasteiger partial charge in [0.1, 0.15) is 72.6 Å². The molecule has 13 atom stereocenters. The molecule has 0 aliphatic carbocycles. The van der Waals surface area contributed by atoms with Crippen LogP contribution in [-0.4, -0.2) is 230 Å². The second-order valence-electron chi connectivity index (χ2n) is 27.4. The highest BCUT2D eigenvalue weighted by atomic mass is 16.5. The van der Waals surface area contributed by atoms with Gasteiger partial charge in [0.2, 0.25) is 82.7 Å². The molecule has 1 aromatic heterocycles. The van der Waals surface area contributed by atoms with Gasteiger partial charge in [0.05, 0.1) is 45.2 Å². The van der Waals surface area contributed by atoms with Gasteiger partial charge in [-0.2, -0.15) is 0 Å². The second-order valence-corrected chi connectivity index (χ2v) is 27.4. The van der Waals surface area contributed by atoms with Crippen LogP contribution < -0.4 is 80.6 Å². The summed E-state index contributed by atoms with van der Waals surface area (Å²) in [5, 5.41) is 69.0. The van der Waals surface area contributed by atoms with Gasteiger partial charge in [0.15, 0.2) is 0 Å². The van der Waals surface area contributed by atoms with Crippen LogP contribution in [0.15, 0.2) is 30.5 Å². The van der Waals surface area contributed by atoms with Crippen LogP contribution in [0.5, 0.6) is 0 Å². The summed E-state index contributed by atoms with van der Waals surface area (Å²) in [4.78, 5) is 259. The first-order chi connectivity index (χ1) is 51.2. The minimum absolute atomic E-state index is 0.00802. The monoisotopic (exact) mass is 1540 g/mol. The number of hydrogen-bond acceptors (Lipinski definition) is 21. The second kappa shape index (κ2) is 46.0. The van der Waals surface area contributed by atoms with Crippen molar-refractivity contribution in [1.29, 1.82) is 0 Å². The fourth-order valence-corrected chi connectivity index (χ4v) is 11.2. The summed E-state index contributed by atoms with van der Waals surface area (Å²) in [5.74, 6) is -26.9. The van der Waals surface area contributed by atoms with E-state index in [1.54, 1.807) is 30.5 Å². The zero-order chi connectivity index (χ0) is 81.9. The molecule has 2 heterocycles. The highest BCUT2D eigenvalue weighted by molar-refractivity contribution is 6.02. The van der Waals surface area contributed by atoms with E-state index in [9.17, 15) is 112 Å². The fourth-order valence-electron chi connectivity index (χ4n) is 11.2. The van der Waals surface area contributed by atoms with Crippen LogP contribution in [0.25, 0.3) is 10.9 Å². The summed E-state index contributed by atoms with van der Waals surface area (Å²) in [6, 6.07) is -13.8. The minimum Gasteiger partial charge on any atom is -0.481 e. The van der Waals surface area contributed by atoms with Gasteiger partial charge in [-0.05, 0) is 76.0 Å². The molecular weight excluding hydrogens is 1440 g/mol. The van der Waals surface area contributed by atoms with Crippen molar-refractivity contribution in [3.63, 3.8) is 0 Å². The topological polar surface area (TPSA) is 639 Å². The largest absolute Gasteiger partial charge is 0.481 e. The molecule has 3 rings (SSSR count). The Morgan fingerprint density at radius 3 is 1.64 bits per heavy atom. The third kappa shape index (κ3) is 33.1. The third-order valence-electron chi connectivity index (χ3n) is 17.2. The molecule has 1 aliphatic heterocycles. The lowest BCUT2D eigenvalue weighted by Gasteiger charge is -2.31. The van der Waals surface area contributed by atoms with Crippen LogP contribution in [0.1, 0.15) is 157 Å². The molecule has 0 saturated carbocycles. The number of fused-ring (bicyclic) bond motifs is 1. The number of para-hydroxylation sites is 1. The Balaban J connectivity index is 2.15. The average Bonchev–Trinajstić information content (AvgIpc) is 1.74. The number of rotatable bonds is 33. The molecule has 0 radical (unpaired) electrons. The molecule has 40 heteroatoms. The van der Waals surface area contributed by atoms with Crippen LogP contribution in [0.3, 0.4) is 0 Å². The lowest BCUT2D eigenvalue weighted by molar-refractivity contribution is -0.157. The summed E-state index contributed by atoms with van der Waals surface area (Å²) in [5.41, 5.74) is 12.5. The number of carbonyl (C=O) groups excluding carboxylic acids is 15. The summed E-state index contributed by atoms with van der Waals surface area (Å²) < 4.78 is 5.68. The number of aromatic nitrogens is 1. The number of nitrogens with two attached hydrogens (primary N) is 2. The predicted octanol–water partition coefficient (Wildman–Crippen LogP) is -4.16. The van der Waals surface area contributed by atoms with E-state index >= 15 is 0 Å². The zero-order valence-corrected chi connectivity index (χ0v) is 62.1. The Labute approximate surface area is 627 Å². The molecule has 0 bridgehead atoms. The van der Waals surface area contributed by atoms with Gasteiger partial charge in [-0.15, -0.1) is 0 Å². The van der Waals surface area contributed by atoms with E-state index in [1.165, 1.54) is 20.8 Å². The number of unbranched alkanes of at least 4 members (excludes halogenated alkanes) is 5. The molecule has 1 fully saturated rings. The number of carboxylic acids is 4. The van der Waals surface area contributed by atoms with Crippen molar-refractivity contribution in [2.75, 3.05) is 19.6 Å². The quantitative estimate of drug-likeness (QED) is 0.0238. The highest BCUT2D eigenvalue weighted by Crippen LogP contribution is 2.21. The number of cyclic esters (lactones) is 1.